The molecule has 1 amide bonds. The second-order valence-corrected chi connectivity index (χ2v) is 3.50. The molecule has 0 spiro atoms. The van der Waals surface area contributed by atoms with Crippen LogP contribution < -0.4 is 5.32 Å². The number of nitrogens with one attached hydrogen (secondary N) is 1. The fourth-order valence-corrected chi connectivity index (χ4v) is 1.08. The Morgan fingerprint density at radius 1 is 1.62 bits per heavy atom. The summed E-state index contributed by atoms with van der Waals surface area (Å²) in [5.41, 5.74) is 0.697. The SMILES string of the molecule is CCC(C)c1cc(C(=O)NCC(=O)O)on1. The minimum absolute atomic E-state index is 0.0385. The number of carboxylic acid groups (broad SMARTS) is 1. The predicted molar refractivity (Wildman–Crippen MR) is 55.2 cm³/mol. The van der Waals surface area contributed by atoms with Crippen molar-refractivity contribution < 1.29 is 19.2 Å². The van der Waals surface area contributed by atoms with Crippen LogP contribution in [-0.4, -0.2) is 28.7 Å². The molecule has 88 valence electrons. The van der Waals surface area contributed by atoms with Crippen LogP contribution in [0.1, 0.15) is 42.4 Å². The molecule has 1 aromatic heterocycles. The van der Waals surface area contributed by atoms with Crippen LogP contribution in [0.3, 0.4) is 0 Å². The molecule has 0 aliphatic rings. The average molecular weight is 226 g/mol. The number of rotatable bonds is 5. The molecule has 0 aromatic carbocycles. The Morgan fingerprint density at radius 3 is 2.88 bits per heavy atom. The molecule has 16 heavy (non-hydrogen) atoms. The van der Waals surface area contributed by atoms with Crippen molar-refractivity contribution in [3.05, 3.63) is 17.5 Å². The zero-order valence-electron chi connectivity index (χ0n) is 9.19. The zero-order chi connectivity index (χ0) is 12.1. The molecular weight excluding hydrogens is 212 g/mol. The van der Waals surface area contributed by atoms with Gasteiger partial charge in [-0.15, -0.1) is 0 Å². The summed E-state index contributed by atoms with van der Waals surface area (Å²) in [5.74, 6) is -1.42. The third kappa shape index (κ3) is 3.08. The van der Waals surface area contributed by atoms with Gasteiger partial charge < -0.3 is 14.9 Å². The van der Waals surface area contributed by atoms with Crippen molar-refractivity contribution in [2.24, 2.45) is 0 Å². The fraction of sp³-hybridized carbons (Fsp3) is 0.500. The Kier molecular flexibility index (Phi) is 4.04. The Hall–Kier alpha value is -1.85. The van der Waals surface area contributed by atoms with E-state index < -0.39 is 18.4 Å². The van der Waals surface area contributed by atoms with Gasteiger partial charge in [-0.1, -0.05) is 19.0 Å². The second kappa shape index (κ2) is 5.29. The van der Waals surface area contributed by atoms with E-state index in [0.29, 0.717) is 5.69 Å². The lowest BCUT2D eigenvalue weighted by atomic mass is 10.1. The highest BCUT2D eigenvalue weighted by molar-refractivity contribution is 5.93. The Labute approximate surface area is 92.6 Å². The van der Waals surface area contributed by atoms with Gasteiger partial charge in [0.2, 0.25) is 5.76 Å². The molecule has 0 radical (unpaired) electrons. The molecule has 0 bridgehead atoms. The Morgan fingerprint density at radius 2 is 2.31 bits per heavy atom. The number of hydrogen-bond acceptors (Lipinski definition) is 4. The summed E-state index contributed by atoms with van der Waals surface area (Å²) in [6, 6.07) is 1.53. The minimum atomic E-state index is -1.10. The number of amides is 1. The maximum atomic E-state index is 11.4. The third-order valence-electron chi connectivity index (χ3n) is 2.27. The van der Waals surface area contributed by atoms with Gasteiger partial charge in [-0.05, 0) is 6.42 Å². The van der Waals surface area contributed by atoms with Crippen molar-refractivity contribution in [3.8, 4) is 0 Å². The molecule has 0 fully saturated rings. The summed E-state index contributed by atoms with van der Waals surface area (Å²) in [5, 5.41) is 14.3. The molecule has 1 atom stereocenters. The highest BCUT2D eigenvalue weighted by Crippen LogP contribution is 2.17. The first kappa shape index (κ1) is 12.2. The molecule has 1 unspecified atom stereocenters. The van der Waals surface area contributed by atoms with E-state index in [1.165, 1.54) is 6.07 Å². The average Bonchev–Trinajstić information content (AvgIpc) is 2.74. The minimum Gasteiger partial charge on any atom is -0.480 e. The van der Waals surface area contributed by atoms with Crippen LogP contribution in [0.4, 0.5) is 0 Å². The predicted octanol–water partition coefficient (Wildman–Crippen LogP) is 1.00. The molecule has 0 aliphatic carbocycles. The first-order valence-corrected chi connectivity index (χ1v) is 5.01. The number of aromatic nitrogens is 1. The summed E-state index contributed by atoms with van der Waals surface area (Å²) in [6.07, 6.45) is 0.892. The van der Waals surface area contributed by atoms with E-state index in [4.69, 9.17) is 9.63 Å². The van der Waals surface area contributed by atoms with E-state index in [-0.39, 0.29) is 11.7 Å². The molecule has 1 rings (SSSR count). The van der Waals surface area contributed by atoms with Gasteiger partial charge in [0.15, 0.2) is 0 Å². The maximum absolute atomic E-state index is 11.4. The van der Waals surface area contributed by atoms with E-state index >= 15 is 0 Å². The van der Waals surface area contributed by atoms with Crippen LogP contribution >= 0.6 is 0 Å². The number of carbonyl (C=O) groups is 2. The first-order valence-electron chi connectivity index (χ1n) is 5.01. The number of carbonyl (C=O) groups excluding carboxylic acids is 1. The van der Waals surface area contributed by atoms with Crippen LogP contribution in [0, 0.1) is 0 Å². The van der Waals surface area contributed by atoms with Gasteiger partial charge >= 0.3 is 5.97 Å². The summed E-state index contributed by atoms with van der Waals surface area (Å²) in [6.45, 7) is 3.54. The van der Waals surface area contributed by atoms with Gasteiger partial charge in [-0.2, -0.15) is 0 Å². The number of aliphatic carboxylic acids is 1. The van der Waals surface area contributed by atoms with Crippen LogP contribution in [-0.2, 0) is 4.79 Å². The molecule has 6 heteroatoms. The summed E-state index contributed by atoms with van der Waals surface area (Å²) in [7, 11) is 0. The van der Waals surface area contributed by atoms with Gasteiger partial charge in [-0.25, -0.2) is 0 Å². The number of nitrogens with zero attached hydrogens (tertiary/aromatic N) is 1. The zero-order valence-corrected chi connectivity index (χ0v) is 9.19. The monoisotopic (exact) mass is 226 g/mol. The number of hydrogen-bond donors (Lipinski definition) is 2. The summed E-state index contributed by atoms with van der Waals surface area (Å²) >= 11 is 0. The topological polar surface area (TPSA) is 92.4 Å². The van der Waals surface area contributed by atoms with Gasteiger partial charge in [0, 0.05) is 12.0 Å². The smallest absolute Gasteiger partial charge is 0.322 e. The molecule has 2 N–H and O–H groups in total. The molecular formula is C10H14N2O4. The molecule has 6 nitrogen and oxygen atoms in total. The number of carboxylic acids is 1. The molecule has 1 heterocycles. The fourth-order valence-electron chi connectivity index (χ4n) is 1.08. The highest BCUT2D eigenvalue weighted by atomic mass is 16.5. The molecule has 1 aromatic rings. The first-order chi connectivity index (χ1) is 7.54. The van der Waals surface area contributed by atoms with Gasteiger partial charge in [-0.3, -0.25) is 9.59 Å². The lowest BCUT2D eigenvalue weighted by Gasteiger charge is -2.00. The van der Waals surface area contributed by atoms with Crippen molar-refractivity contribution in [1.29, 1.82) is 0 Å². The van der Waals surface area contributed by atoms with Crippen molar-refractivity contribution in [2.75, 3.05) is 6.54 Å². The largest absolute Gasteiger partial charge is 0.480 e. The standard InChI is InChI=1S/C10H14N2O4/c1-3-6(2)7-4-8(16-12-7)10(15)11-5-9(13)14/h4,6H,3,5H2,1-2H3,(H,11,15)(H,13,14). The van der Waals surface area contributed by atoms with E-state index in [1.807, 2.05) is 13.8 Å². The lowest BCUT2D eigenvalue weighted by Crippen LogP contribution is -2.28. The van der Waals surface area contributed by atoms with E-state index in [0.717, 1.165) is 6.42 Å². The van der Waals surface area contributed by atoms with Crippen molar-refractivity contribution >= 4 is 11.9 Å². The molecule has 0 saturated heterocycles. The molecule has 0 saturated carbocycles. The van der Waals surface area contributed by atoms with E-state index in [2.05, 4.69) is 10.5 Å². The van der Waals surface area contributed by atoms with Gasteiger partial charge in [0.1, 0.15) is 6.54 Å². The van der Waals surface area contributed by atoms with E-state index in [1.54, 1.807) is 0 Å². The van der Waals surface area contributed by atoms with Crippen LogP contribution in [0.2, 0.25) is 0 Å². The quantitative estimate of drug-likeness (QED) is 0.781. The Bertz CT molecular complexity index is 386. The highest BCUT2D eigenvalue weighted by Gasteiger charge is 2.16. The summed E-state index contributed by atoms with van der Waals surface area (Å²) in [4.78, 5) is 21.6. The third-order valence-corrected chi connectivity index (χ3v) is 2.27. The molecule has 0 aliphatic heterocycles. The summed E-state index contributed by atoms with van der Waals surface area (Å²) < 4.78 is 4.83. The van der Waals surface area contributed by atoms with Crippen LogP contribution in [0.15, 0.2) is 10.6 Å². The normalized spacial score (nSPS) is 12.1. The van der Waals surface area contributed by atoms with Crippen LogP contribution in [0.25, 0.3) is 0 Å². The Balaban J connectivity index is 2.63. The van der Waals surface area contributed by atoms with E-state index in [9.17, 15) is 9.59 Å². The lowest BCUT2D eigenvalue weighted by molar-refractivity contribution is -0.135. The van der Waals surface area contributed by atoms with Crippen molar-refractivity contribution in [3.63, 3.8) is 0 Å². The second-order valence-electron chi connectivity index (χ2n) is 3.50. The van der Waals surface area contributed by atoms with Crippen molar-refractivity contribution in [2.45, 2.75) is 26.2 Å². The van der Waals surface area contributed by atoms with Crippen molar-refractivity contribution in [1.82, 2.24) is 10.5 Å². The maximum Gasteiger partial charge on any atom is 0.322 e. The van der Waals surface area contributed by atoms with Gasteiger partial charge in [0.25, 0.3) is 5.91 Å². The van der Waals surface area contributed by atoms with Gasteiger partial charge in [0.05, 0.1) is 5.69 Å². The van der Waals surface area contributed by atoms with Crippen LogP contribution in [0.5, 0.6) is 0 Å².